The lowest BCUT2D eigenvalue weighted by Crippen LogP contribution is -2.51. The molecule has 144 valence electrons. The molecule has 0 bridgehead atoms. The van der Waals surface area contributed by atoms with Crippen LogP contribution in [0.25, 0.3) is 0 Å². The molecule has 0 aliphatic carbocycles. The van der Waals surface area contributed by atoms with Gasteiger partial charge in [-0.2, -0.15) is 0 Å². The van der Waals surface area contributed by atoms with Crippen molar-refractivity contribution in [3.05, 3.63) is 0 Å². The standard InChI is InChI=1S/C17H30FN3O4/c1-3-5-8-12(14(18)16(23)20-25)17(24)21-11-7-9-13(21)15(22)19-10-6-4-2/h12-14,25H,3-11H2,1-2H3,(H,19,22)(H,20,23)/t12-,13?,14-/m1/s1. The van der Waals surface area contributed by atoms with Gasteiger partial charge in [0.05, 0.1) is 5.92 Å². The lowest BCUT2D eigenvalue weighted by atomic mass is 9.94. The average molecular weight is 359 g/mol. The molecule has 3 amide bonds. The van der Waals surface area contributed by atoms with Crippen molar-refractivity contribution in [2.24, 2.45) is 5.92 Å². The second kappa shape index (κ2) is 11.0. The molecule has 1 unspecified atom stereocenters. The zero-order valence-corrected chi connectivity index (χ0v) is 15.1. The molecule has 0 aromatic heterocycles. The average Bonchev–Trinajstić information content (AvgIpc) is 3.10. The lowest BCUT2D eigenvalue weighted by molar-refractivity contribution is -0.149. The predicted molar refractivity (Wildman–Crippen MR) is 90.5 cm³/mol. The second-order valence-corrected chi connectivity index (χ2v) is 6.46. The van der Waals surface area contributed by atoms with E-state index in [0.29, 0.717) is 32.4 Å². The largest absolute Gasteiger partial charge is 0.354 e. The third-order valence-electron chi connectivity index (χ3n) is 4.57. The summed E-state index contributed by atoms with van der Waals surface area (Å²) >= 11 is 0. The zero-order valence-electron chi connectivity index (χ0n) is 15.1. The lowest BCUT2D eigenvalue weighted by Gasteiger charge is -2.29. The van der Waals surface area contributed by atoms with Crippen molar-refractivity contribution in [1.82, 2.24) is 15.7 Å². The van der Waals surface area contributed by atoms with Gasteiger partial charge in [0, 0.05) is 13.1 Å². The molecule has 1 rings (SSSR count). The summed E-state index contributed by atoms with van der Waals surface area (Å²) in [5.74, 6) is -3.16. The minimum absolute atomic E-state index is 0.199. The molecule has 3 atom stereocenters. The van der Waals surface area contributed by atoms with Gasteiger partial charge in [0.2, 0.25) is 11.8 Å². The molecule has 0 radical (unpaired) electrons. The minimum Gasteiger partial charge on any atom is -0.354 e. The number of carbonyl (C=O) groups is 3. The molecule has 0 saturated carbocycles. The van der Waals surface area contributed by atoms with Crippen LogP contribution in [-0.4, -0.2) is 53.1 Å². The van der Waals surface area contributed by atoms with Gasteiger partial charge in [-0.1, -0.05) is 33.1 Å². The van der Waals surface area contributed by atoms with Gasteiger partial charge in [0.25, 0.3) is 5.91 Å². The van der Waals surface area contributed by atoms with Crippen LogP contribution in [0.3, 0.4) is 0 Å². The number of amides is 3. The SMILES string of the molecule is CCCCNC(=O)C1CCCN1C(=O)[C@H](CCCC)[C@@H](F)C(=O)NO. The third-order valence-corrected chi connectivity index (χ3v) is 4.57. The van der Waals surface area contributed by atoms with Crippen molar-refractivity contribution in [2.75, 3.05) is 13.1 Å². The number of halogens is 1. The van der Waals surface area contributed by atoms with Gasteiger partial charge >= 0.3 is 0 Å². The monoisotopic (exact) mass is 359 g/mol. The van der Waals surface area contributed by atoms with E-state index in [9.17, 15) is 18.8 Å². The summed E-state index contributed by atoms with van der Waals surface area (Å²) in [5, 5.41) is 11.5. The molecule has 25 heavy (non-hydrogen) atoms. The first kappa shape index (κ1) is 21.3. The zero-order chi connectivity index (χ0) is 18.8. The Hall–Kier alpha value is -1.70. The van der Waals surface area contributed by atoms with Gasteiger partial charge in [0.15, 0.2) is 6.17 Å². The normalized spacial score (nSPS) is 19.4. The van der Waals surface area contributed by atoms with E-state index in [4.69, 9.17) is 5.21 Å². The molecule has 3 N–H and O–H groups in total. The highest BCUT2D eigenvalue weighted by atomic mass is 19.1. The maximum atomic E-state index is 14.3. The smallest absolute Gasteiger partial charge is 0.278 e. The maximum absolute atomic E-state index is 14.3. The molecule has 1 saturated heterocycles. The van der Waals surface area contributed by atoms with Crippen LogP contribution >= 0.6 is 0 Å². The van der Waals surface area contributed by atoms with Crippen LogP contribution in [0.1, 0.15) is 58.8 Å². The first-order chi connectivity index (χ1) is 12.0. The van der Waals surface area contributed by atoms with Gasteiger partial charge < -0.3 is 10.2 Å². The predicted octanol–water partition coefficient (Wildman–Crippen LogP) is 1.54. The number of hydroxylamine groups is 1. The van der Waals surface area contributed by atoms with E-state index in [2.05, 4.69) is 5.32 Å². The summed E-state index contributed by atoms with van der Waals surface area (Å²) in [6.45, 7) is 4.84. The fraction of sp³-hybridized carbons (Fsp3) is 0.824. The van der Waals surface area contributed by atoms with Crippen LogP contribution in [0, 0.1) is 5.92 Å². The Morgan fingerprint density at radius 2 is 1.92 bits per heavy atom. The second-order valence-electron chi connectivity index (χ2n) is 6.46. The molecule has 1 heterocycles. The number of carbonyl (C=O) groups excluding carboxylic acids is 3. The first-order valence-electron chi connectivity index (χ1n) is 9.14. The molecule has 8 heteroatoms. The van der Waals surface area contributed by atoms with Crippen LogP contribution in [0.2, 0.25) is 0 Å². The number of unbranched alkanes of at least 4 members (excludes halogenated alkanes) is 2. The van der Waals surface area contributed by atoms with E-state index < -0.39 is 29.9 Å². The Bertz CT molecular complexity index is 461. The summed E-state index contributed by atoms with van der Waals surface area (Å²) in [6.07, 6.45) is 2.41. The molecule has 0 aromatic carbocycles. The van der Waals surface area contributed by atoms with E-state index in [1.165, 1.54) is 10.4 Å². The number of nitrogens with zero attached hydrogens (tertiary/aromatic N) is 1. The molecule has 1 aliphatic heterocycles. The summed E-state index contributed by atoms with van der Waals surface area (Å²) in [5.41, 5.74) is 1.27. The van der Waals surface area contributed by atoms with Gasteiger partial charge in [-0.05, 0) is 25.7 Å². The van der Waals surface area contributed by atoms with E-state index in [1.54, 1.807) is 0 Å². The van der Waals surface area contributed by atoms with Gasteiger partial charge in [-0.15, -0.1) is 0 Å². The van der Waals surface area contributed by atoms with Crippen molar-refractivity contribution in [1.29, 1.82) is 0 Å². The van der Waals surface area contributed by atoms with Gasteiger partial charge in [-0.3, -0.25) is 19.6 Å². The van der Waals surface area contributed by atoms with Crippen molar-refractivity contribution >= 4 is 17.7 Å². The molecule has 1 fully saturated rings. The summed E-state index contributed by atoms with van der Waals surface area (Å²) in [7, 11) is 0. The van der Waals surface area contributed by atoms with Crippen LogP contribution < -0.4 is 10.8 Å². The summed E-state index contributed by atoms with van der Waals surface area (Å²) in [4.78, 5) is 37.9. The molecular weight excluding hydrogens is 329 g/mol. The highest BCUT2D eigenvalue weighted by molar-refractivity contribution is 5.92. The van der Waals surface area contributed by atoms with Crippen LogP contribution in [-0.2, 0) is 14.4 Å². The van der Waals surface area contributed by atoms with Crippen molar-refractivity contribution in [3.63, 3.8) is 0 Å². The maximum Gasteiger partial charge on any atom is 0.278 e. The quantitative estimate of drug-likeness (QED) is 0.313. The fourth-order valence-corrected chi connectivity index (χ4v) is 3.09. The molecule has 0 spiro atoms. The van der Waals surface area contributed by atoms with Crippen molar-refractivity contribution in [2.45, 2.75) is 71.0 Å². The third kappa shape index (κ3) is 5.95. The number of hydrogen-bond acceptors (Lipinski definition) is 4. The van der Waals surface area contributed by atoms with Crippen molar-refractivity contribution < 1.29 is 24.0 Å². The highest BCUT2D eigenvalue weighted by Crippen LogP contribution is 2.25. The molecule has 1 aliphatic rings. The molecular formula is C17H30FN3O4. The number of alkyl halides is 1. The van der Waals surface area contributed by atoms with E-state index in [-0.39, 0.29) is 12.3 Å². The number of likely N-dealkylation sites (tertiary alicyclic amines) is 1. The fourth-order valence-electron chi connectivity index (χ4n) is 3.09. The van der Waals surface area contributed by atoms with E-state index in [0.717, 1.165) is 19.3 Å². The van der Waals surface area contributed by atoms with E-state index in [1.807, 2.05) is 13.8 Å². The Labute approximate surface area is 148 Å². The minimum atomic E-state index is -2.13. The van der Waals surface area contributed by atoms with Gasteiger partial charge in [-0.25, -0.2) is 9.87 Å². The first-order valence-corrected chi connectivity index (χ1v) is 9.14. The number of rotatable bonds is 10. The highest BCUT2D eigenvalue weighted by Gasteiger charge is 2.41. The summed E-state index contributed by atoms with van der Waals surface area (Å²) < 4.78 is 14.3. The number of nitrogens with one attached hydrogen (secondary N) is 2. The Kier molecular flexibility index (Phi) is 9.41. The summed E-state index contributed by atoms with van der Waals surface area (Å²) in [6, 6.07) is -0.613. The Balaban J connectivity index is 2.82. The van der Waals surface area contributed by atoms with Crippen LogP contribution in [0.5, 0.6) is 0 Å². The van der Waals surface area contributed by atoms with Crippen molar-refractivity contribution in [3.8, 4) is 0 Å². The Morgan fingerprint density at radius 3 is 2.52 bits per heavy atom. The molecule has 7 nitrogen and oxygen atoms in total. The van der Waals surface area contributed by atoms with Crippen LogP contribution in [0.15, 0.2) is 0 Å². The molecule has 0 aromatic rings. The van der Waals surface area contributed by atoms with Gasteiger partial charge in [0.1, 0.15) is 6.04 Å². The number of hydrogen-bond donors (Lipinski definition) is 3. The van der Waals surface area contributed by atoms with E-state index >= 15 is 0 Å². The van der Waals surface area contributed by atoms with Crippen LogP contribution in [0.4, 0.5) is 4.39 Å². The Morgan fingerprint density at radius 1 is 1.24 bits per heavy atom. The topological polar surface area (TPSA) is 98.7 Å².